The monoisotopic (exact) mass is 131 g/mol. The fourth-order valence-electron chi connectivity index (χ4n) is 0.188. The molecule has 0 spiro atoms. The molecule has 0 rings (SSSR count). The second-order valence-electron chi connectivity index (χ2n) is 1.61. The van der Waals surface area contributed by atoms with Gasteiger partial charge in [-0.05, 0) is 13.8 Å². The van der Waals surface area contributed by atoms with Crippen LogP contribution in [0.2, 0.25) is 0 Å². The summed E-state index contributed by atoms with van der Waals surface area (Å²) in [4.78, 5) is 10.1. The lowest BCUT2D eigenvalue weighted by Crippen LogP contribution is -2.29. The minimum absolute atomic E-state index is 0.707. The van der Waals surface area contributed by atoms with Gasteiger partial charge in [0.05, 0.1) is 0 Å². The Labute approximate surface area is 52.7 Å². The van der Waals surface area contributed by atoms with Crippen molar-refractivity contribution in [2.24, 2.45) is 5.10 Å². The van der Waals surface area contributed by atoms with Crippen molar-refractivity contribution < 1.29 is 10.0 Å². The molecule has 3 N–H and O–H groups in total. The maximum Gasteiger partial charge on any atom is 0.358 e. The Hall–Kier alpha value is -1.10. The van der Waals surface area contributed by atoms with Crippen LogP contribution in [0.4, 0.5) is 4.79 Å². The molecule has 0 aromatic heterocycles. The Morgan fingerprint density at radius 1 is 1.56 bits per heavy atom. The zero-order valence-electron chi connectivity index (χ0n) is 5.30. The molecule has 0 atom stereocenters. The van der Waals surface area contributed by atoms with Gasteiger partial charge >= 0.3 is 6.03 Å². The molecule has 0 radical (unpaired) electrons. The normalized spacial score (nSPS) is 7.89. The number of carbonyl (C=O) groups is 1. The molecule has 0 saturated heterocycles. The van der Waals surface area contributed by atoms with E-state index in [2.05, 4.69) is 5.10 Å². The van der Waals surface area contributed by atoms with Crippen LogP contribution < -0.4 is 10.9 Å². The van der Waals surface area contributed by atoms with E-state index in [9.17, 15) is 4.79 Å². The van der Waals surface area contributed by atoms with Gasteiger partial charge in [0.15, 0.2) is 0 Å². The van der Waals surface area contributed by atoms with Crippen LogP contribution in [0, 0.1) is 0 Å². The maximum absolute atomic E-state index is 10.1. The Bertz CT molecular complexity index is 128. The van der Waals surface area contributed by atoms with Crippen molar-refractivity contribution in [3.63, 3.8) is 0 Å². The van der Waals surface area contributed by atoms with Gasteiger partial charge in [-0.3, -0.25) is 5.21 Å². The number of carbonyl (C=O) groups excluding carboxylic acids is 1. The minimum Gasteiger partial charge on any atom is -0.287 e. The molecule has 0 aromatic carbocycles. The first kappa shape index (κ1) is 7.90. The van der Waals surface area contributed by atoms with Gasteiger partial charge in [-0.15, -0.1) is 0 Å². The molecule has 0 unspecified atom stereocenters. The van der Waals surface area contributed by atoms with Crippen LogP contribution in [0.3, 0.4) is 0 Å². The molecule has 52 valence electrons. The number of hydroxylamine groups is 1. The molecule has 5 nitrogen and oxygen atoms in total. The van der Waals surface area contributed by atoms with E-state index in [1.54, 1.807) is 13.8 Å². The lowest BCUT2D eigenvalue weighted by atomic mass is 10.5. The number of nitrogens with one attached hydrogen (secondary N) is 2. The summed E-state index contributed by atoms with van der Waals surface area (Å²) in [5, 5.41) is 11.4. The summed E-state index contributed by atoms with van der Waals surface area (Å²) >= 11 is 0. The molecule has 0 aliphatic carbocycles. The second kappa shape index (κ2) is 3.85. The van der Waals surface area contributed by atoms with E-state index >= 15 is 0 Å². The van der Waals surface area contributed by atoms with Gasteiger partial charge in [-0.1, -0.05) is 0 Å². The third kappa shape index (κ3) is 4.76. The summed E-state index contributed by atoms with van der Waals surface area (Å²) < 4.78 is 0. The first-order valence-corrected chi connectivity index (χ1v) is 2.37. The highest BCUT2D eigenvalue weighted by molar-refractivity contribution is 5.81. The maximum atomic E-state index is 10.1. The van der Waals surface area contributed by atoms with Crippen LogP contribution >= 0.6 is 0 Å². The predicted octanol–water partition coefficient (Wildman–Crippen LogP) is 0.0706. The first-order valence-electron chi connectivity index (χ1n) is 2.37. The molecule has 9 heavy (non-hydrogen) atoms. The molecule has 0 heterocycles. The highest BCUT2D eigenvalue weighted by atomic mass is 16.5. The molecule has 0 saturated carbocycles. The van der Waals surface area contributed by atoms with Gasteiger partial charge in [-0.25, -0.2) is 15.7 Å². The number of urea groups is 1. The van der Waals surface area contributed by atoms with E-state index in [1.165, 1.54) is 5.48 Å². The summed E-state index contributed by atoms with van der Waals surface area (Å²) in [7, 11) is 0. The topological polar surface area (TPSA) is 73.7 Å². The van der Waals surface area contributed by atoms with E-state index in [4.69, 9.17) is 5.21 Å². The second-order valence-corrected chi connectivity index (χ2v) is 1.61. The van der Waals surface area contributed by atoms with E-state index in [0.717, 1.165) is 0 Å². The highest BCUT2D eigenvalue weighted by Crippen LogP contribution is 1.68. The smallest absolute Gasteiger partial charge is 0.287 e. The average Bonchev–Trinajstić information content (AvgIpc) is 1.83. The lowest BCUT2D eigenvalue weighted by Gasteiger charge is -1.94. The Morgan fingerprint density at radius 2 is 2.11 bits per heavy atom. The average molecular weight is 131 g/mol. The van der Waals surface area contributed by atoms with Crippen molar-refractivity contribution in [1.29, 1.82) is 0 Å². The Kier molecular flexibility index (Phi) is 3.38. The fourth-order valence-corrected chi connectivity index (χ4v) is 0.188. The van der Waals surface area contributed by atoms with Crippen molar-refractivity contribution in [2.45, 2.75) is 13.8 Å². The highest BCUT2D eigenvalue weighted by Gasteiger charge is 1.90. The van der Waals surface area contributed by atoms with Gasteiger partial charge < -0.3 is 0 Å². The zero-order valence-corrected chi connectivity index (χ0v) is 5.30. The third-order valence-corrected chi connectivity index (χ3v) is 0.483. The number of nitrogens with zero attached hydrogens (tertiary/aromatic N) is 1. The van der Waals surface area contributed by atoms with Crippen LogP contribution in [0.1, 0.15) is 13.8 Å². The number of hydrazone groups is 1. The summed E-state index contributed by atoms with van der Waals surface area (Å²) in [6, 6.07) is -0.740. The molecule has 0 aromatic rings. The van der Waals surface area contributed by atoms with Crippen molar-refractivity contribution in [3.05, 3.63) is 0 Å². The summed E-state index contributed by atoms with van der Waals surface area (Å²) in [5.74, 6) is 0. The molecule has 0 aliphatic heterocycles. The van der Waals surface area contributed by atoms with E-state index in [-0.39, 0.29) is 0 Å². The van der Waals surface area contributed by atoms with Crippen molar-refractivity contribution in [1.82, 2.24) is 10.9 Å². The standard InChI is InChI=1S/C4H9N3O2/c1-3(2)5-6-4(8)7-9/h9H,1-2H3,(H2,6,7,8). The number of hydrogen-bond donors (Lipinski definition) is 3. The van der Waals surface area contributed by atoms with Crippen LogP contribution in [-0.2, 0) is 0 Å². The van der Waals surface area contributed by atoms with Gasteiger partial charge in [0.2, 0.25) is 0 Å². The number of amides is 2. The minimum atomic E-state index is -0.740. The molecule has 0 bridgehead atoms. The molecular formula is C4H9N3O2. The van der Waals surface area contributed by atoms with E-state index in [0.29, 0.717) is 5.71 Å². The number of rotatable bonds is 1. The van der Waals surface area contributed by atoms with Gasteiger partial charge in [-0.2, -0.15) is 5.10 Å². The van der Waals surface area contributed by atoms with Crippen LogP contribution in [0.5, 0.6) is 0 Å². The Balaban J connectivity index is 3.50. The van der Waals surface area contributed by atoms with Crippen molar-refractivity contribution in [3.8, 4) is 0 Å². The summed E-state index contributed by atoms with van der Waals surface area (Å²) in [6.07, 6.45) is 0. The van der Waals surface area contributed by atoms with E-state index in [1.807, 2.05) is 5.43 Å². The molecule has 0 aliphatic rings. The Morgan fingerprint density at radius 3 is 2.44 bits per heavy atom. The SMILES string of the molecule is CC(C)=NNC(=O)NO. The van der Waals surface area contributed by atoms with Gasteiger partial charge in [0, 0.05) is 5.71 Å². The number of hydrogen-bond acceptors (Lipinski definition) is 3. The van der Waals surface area contributed by atoms with E-state index < -0.39 is 6.03 Å². The van der Waals surface area contributed by atoms with Gasteiger partial charge in [0.25, 0.3) is 0 Å². The largest absolute Gasteiger partial charge is 0.358 e. The quantitative estimate of drug-likeness (QED) is 0.267. The van der Waals surface area contributed by atoms with Crippen molar-refractivity contribution in [2.75, 3.05) is 0 Å². The lowest BCUT2D eigenvalue weighted by molar-refractivity contribution is 0.162. The predicted molar refractivity (Wildman–Crippen MR) is 32.2 cm³/mol. The molecular weight excluding hydrogens is 122 g/mol. The van der Waals surface area contributed by atoms with Crippen molar-refractivity contribution >= 4 is 11.7 Å². The van der Waals surface area contributed by atoms with Crippen LogP contribution in [0.15, 0.2) is 5.10 Å². The molecule has 5 heteroatoms. The molecule has 2 amide bonds. The molecule has 0 fully saturated rings. The first-order chi connectivity index (χ1) is 4.16. The van der Waals surface area contributed by atoms with Crippen LogP contribution in [0.25, 0.3) is 0 Å². The van der Waals surface area contributed by atoms with Crippen LogP contribution in [-0.4, -0.2) is 17.0 Å². The zero-order chi connectivity index (χ0) is 7.28. The summed E-state index contributed by atoms with van der Waals surface area (Å²) in [6.45, 7) is 3.44. The fraction of sp³-hybridized carbons (Fsp3) is 0.500. The third-order valence-electron chi connectivity index (χ3n) is 0.483. The summed E-state index contributed by atoms with van der Waals surface area (Å²) in [5.41, 5.74) is 4.09. The van der Waals surface area contributed by atoms with Gasteiger partial charge in [0.1, 0.15) is 0 Å².